The first-order chi connectivity index (χ1) is 11.0. The van der Waals surface area contributed by atoms with Crippen molar-refractivity contribution in [2.45, 2.75) is 25.0 Å². The summed E-state index contributed by atoms with van der Waals surface area (Å²) in [5.74, 6) is -0.128. The van der Waals surface area contributed by atoms with Gasteiger partial charge >= 0.3 is 0 Å². The lowest BCUT2D eigenvalue weighted by Gasteiger charge is -2.37. The number of allylic oxidation sites excluding steroid dienone is 3. The van der Waals surface area contributed by atoms with E-state index in [1.54, 1.807) is 37.2 Å². The summed E-state index contributed by atoms with van der Waals surface area (Å²) in [4.78, 5) is 13.6. The van der Waals surface area contributed by atoms with Crippen LogP contribution in [0.1, 0.15) is 18.9 Å². The molecule has 0 aliphatic heterocycles. The van der Waals surface area contributed by atoms with Gasteiger partial charge in [-0.05, 0) is 33.5 Å². The maximum atomic E-state index is 14.2. The third kappa shape index (κ3) is 3.77. The van der Waals surface area contributed by atoms with Gasteiger partial charge in [-0.25, -0.2) is 4.39 Å². The maximum absolute atomic E-state index is 14.2. The molecule has 0 bridgehead atoms. The zero-order chi connectivity index (χ0) is 16.9. The number of ether oxygens (including phenoxy) is 1. The molecule has 3 nitrogen and oxygen atoms in total. The van der Waals surface area contributed by atoms with E-state index >= 15 is 0 Å². The maximum Gasteiger partial charge on any atom is 0.147 e. The SMILES string of the molecule is CC(OCC(C=O)(c1ccccc1F)N(C)C)C1C=CC=CC1. The fourth-order valence-electron chi connectivity index (χ4n) is 2.79. The van der Waals surface area contributed by atoms with E-state index in [9.17, 15) is 9.18 Å². The van der Waals surface area contributed by atoms with Gasteiger partial charge < -0.3 is 9.53 Å². The van der Waals surface area contributed by atoms with Gasteiger partial charge in [0.2, 0.25) is 0 Å². The van der Waals surface area contributed by atoms with Gasteiger partial charge in [0.1, 0.15) is 17.6 Å². The predicted molar refractivity (Wildman–Crippen MR) is 89.6 cm³/mol. The number of carbonyl (C=O) groups excluding carboxylic acids is 1. The Morgan fingerprint density at radius 1 is 1.39 bits per heavy atom. The molecule has 4 heteroatoms. The Morgan fingerprint density at radius 3 is 2.70 bits per heavy atom. The molecule has 2 rings (SSSR count). The van der Waals surface area contributed by atoms with Crippen molar-refractivity contribution in [1.82, 2.24) is 4.90 Å². The number of aldehydes is 1. The van der Waals surface area contributed by atoms with Gasteiger partial charge in [-0.2, -0.15) is 0 Å². The number of nitrogens with zero attached hydrogens (tertiary/aromatic N) is 1. The van der Waals surface area contributed by atoms with Crippen molar-refractivity contribution in [3.05, 3.63) is 60.0 Å². The molecule has 1 aliphatic rings. The van der Waals surface area contributed by atoms with Crippen LogP contribution in [0.5, 0.6) is 0 Å². The van der Waals surface area contributed by atoms with Crippen LogP contribution in [0, 0.1) is 11.7 Å². The van der Waals surface area contributed by atoms with Crippen LogP contribution >= 0.6 is 0 Å². The van der Waals surface area contributed by atoms with Crippen LogP contribution in [0.4, 0.5) is 4.39 Å². The number of rotatable bonds is 7. The lowest BCUT2D eigenvalue weighted by Crippen LogP contribution is -2.48. The monoisotopic (exact) mass is 317 g/mol. The van der Waals surface area contributed by atoms with Gasteiger partial charge in [0, 0.05) is 11.5 Å². The summed E-state index contributed by atoms with van der Waals surface area (Å²) in [6.45, 7) is 2.10. The number of carbonyl (C=O) groups is 1. The van der Waals surface area contributed by atoms with E-state index in [0.29, 0.717) is 5.56 Å². The molecule has 1 aliphatic carbocycles. The van der Waals surface area contributed by atoms with Crippen molar-refractivity contribution < 1.29 is 13.9 Å². The molecule has 3 unspecified atom stereocenters. The predicted octanol–water partition coefficient (Wildman–Crippen LogP) is 3.32. The zero-order valence-corrected chi connectivity index (χ0v) is 13.9. The van der Waals surface area contributed by atoms with Gasteiger partial charge in [-0.1, -0.05) is 42.5 Å². The van der Waals surface area contributed by atoms with Crippen LogP contribution < -0.4 is 0 Å². The molecule has 0 aromatic heterocycles. The summed E-state index contributed by atoms with van der Waals surface area (Å²) in [5, 5.41) is 0. The molecule has 0 radical (unpaired) electrons. The van der Waals surface area contributed by atoms with Gasteiger partial charge in [-0.3, -0.25) is 4.90 Å². The minimum absolute atomic E-state index is 0.0535. The molecule has 0 amide bonds. The number of likely N-dealkylation sites (N-methyl/N-ethyl adjacent to an activating group) is 1. The van der Waals surface area contributed by atoms with E-state index in [1.165, 1.54) is 6.07 Å². The second kappa shape index (κ2) is 7.66. The number of halogens is 1. The van der Waals surface area contributed by atoms with Crippen LogP contribution in [0.3, 0.4) is 0 Å². The molecule has 0 saturated carbocycles. The molecule has 124 valence electrons. The van der Waals surface area contributed by atoms with Crippen LogP contribution in [-0.4, -0.2) is 38.0 Å². The molecule has 0 spiro atoms. The van der Waals surface area contributed by atoms with E-state index in [-0.39, 0.29) is 18.6 Å². The lowest BCUT2D eigenvalue weighted by molar-refractivity contribution is -0.124. The lowest BCUT2D eigenvalue weighted by atomic mass is 9.90. The average molecular weight is 317 g/mol. The molecule has 1 aromatic carbocycles. The highest BCUT2D eigenvalue weighted by molar-refractivity contribution is 5.68. The first-order valence-electron chi connectivity index (χ1n) is 7.85. The fourth-order valence-corrected chi connectivity index (χ4v) is 2.79. The van der Waals surface area contributed by atoms with Gasteiger partial charge in [-0.15, -0.1) is 0 Å². The number of benzene rings is 1. The van der Waals surface area contributed by atoms with Crippen LogP contribution in [-0.2, 0) is 15.1 Å². The number of hydrogen-bond acceptors (Lipinski definition) is 3. The van der Waals surface area contributed by atoms with E-state index in [4.69, 9.17) is 4.74 Å². The first-order valence-corrected chi connectivity index (χ1v) is 7.85. The normalized spacial score (nSPS) is 21.2. The smallest absolute Gasteiger partial charge is 0.147 e. The van der Waals surface area contributed by atoms with Crippen molar-refractivity contribution in [3.8, 4) is 0 Å². The van der Waals surface area contributed by atoms with E-state index in [2.05, 4.69) is 12.2 Å². The Hall–Kier alpha value is -1.78. The molecule has 23 heavy (non-hydrogen) atoms. The van der Waals surface area contributed by atoms with Crippen LogP contribution in [0.25, 0.3) is 0 Å². The van der Waals surface area contributed by atoms with Gasteiger partial charge in [0.15, 0.2) is 0 Å². The average Bonchev–Trinajstić information content (AvgIpc) is 2.57. The van der Waals surface area contributed by atoms with E-state index in [0.717, 1.165) is 12.7 Å². The van der Waals surface area contributed by atoms with E-state index in [1.807, 2.05) is 19.1 Å². The van der Waals surface area contributed by atoms with Crippen molar-refractivity contribution in [2.24, 2.45) is 5.92 Å². The summed E-state index contributed by atoms with van der Waals surface area (Å²) >= 11 is 0. The van der Waals surface area contributed by atoms with E-state index < -0.39 is 11.4 Å². The minimum Gasteiger partial charge on any atom is -0.375 e. The molecule has 0 fully saturated rings. The van der Waals surface area contributed by atoms with Crippen molar-refractivity contribution in [2.75, 3.05) is 20.7 Å². The summed E-state index contributed by atoms with van der Waals surface area (Å²) < 4.78 is 20.2. The van der Waals surface area contributed by atoms with Crippen LogP contribution in [0.2, 0.25) is 0 Å². The summed E-state index contributed by atoms with van der Waals surface area (Å²) in [6, 6.07) is 6.36. The molecular weight excluding hydrogens is 293 g/mol. The summed E-state index contributed by atoms with van der Waals surface area (Å²) in [6.07, 6.45) is 9.85. The highest BCUT2D eigenvalue weighted by atomic mass is 19.1. The molecule has 3 atom stereocenters. The van der Waals surface area contributed by atoms with Crippen molar-refractivity contribution in [1.29, 1.82) is 0 Å². The Labute approximate surface area is 137 Å². The van der Waals surface area contributed by atoms with Crippen molar-refractivity contribution >= 4 is 6.29 Å². The molecule has 1 aromatic rings. The highest BCUT2D eigenvalue weighted by Crippen LogP contribution is 2.29. The molecule has 0 saturated heterocycles. The quantitative estimate of drug-likeness (QED) is 0.723. The van der Waals surface area contributed by atoms with Gasteiger partial charge in [0.05, 0.1) is 12.7 Å². The Balaban J connectivity index is 2.19. The third-order valence-corrected chi connectivity index (χ3v) is 4.52. The Morgan fingerprint density at radius 2 is 2.13 bits per heavy atom. The highest BCUT2D eigenvalue weighted by Gasteiger charge is 2.38. The van der Waals surface area contributed by atoms with Crippen molar-refractivity contribution in [3.63, 3.8) is 0 Å². The number of hydrogen-bond donors (Lipinski definition) is 0. The molecule has 0 N–H and O–H groups in total. The standard InChI is InChI=1S/C19H24FNO2/c1-15(16-9-5-4-6-10-16)23-14-19(13-22,21(2)3)17-11-7-8-12-18(17)20/h4-9,11-13,15-16H,10,14H2,1-3H3. The van der Waals surface area contributed by atoms with Crippen LogP contribution in [0.15, 0.2) is 48.6 Å². The second-order valence-corrected chi connectivity index (χ2v) is 6.15. The third-order valence-electron chi connectivity index (χ3n) is 4.52. The Kier molecular flexibility index (Phi) is 5.85. The summed E-state index contributed by atoms with van der Waals surface area (Å²) in [5.41, 5.74) is -0.792. The molecular formula is C19H24FNO2. The topological polar surface area (TPSA) is 29.5 Å². The second-order valence-electron chi connectivity index (χ2n) is 6.15. The zero-order valence-electron chi connectivity index (χ0n) is 13.9. The minimum atomic E-state index is -1.13. The summed E-state index contributed by atoms with van der Waals surface area (Å²) in [7, 11) is 3.52. The first kappa shape index (κ1) is 17.6. The fraction of sp³-hybridized carbons (Fsp3) is 0.421. The largest absolute Gasteiger partial charge is 0.375 e. The Bertz CT molecular complexity index is 597. The van der Waals surface area contributed by atoms with Gasteiger partial charge in [0.25, 0.3) is 0 Å². The molecule has 0 heterocycles.